The van der Waals surface area contributed by atoms with Crippen molar-refractivity contribution in [2.24, 2.45) is 5.41 Å². The zero-order valence-electron chi connectivity index (χ0n) is 15.4. The van der Waals surface area contributed by atoms with Crippen LogP contribution >= 0.6 is 11.6 Å². The molecular weight excluding hydrogens is 404 g/mol. The molecule has 28 heavy (non-hydrogen) atoms. The Labute approximate surface area is 169 Å². The Bertz CT molecular complexity index is 910. The summed E-state index contributed by atoms with van der Waals surface area (Å²) in [5.74, 6) is 0.413. The fourth-order valence-corrected chi connectivity index (χ4v) is 4.61. The topological polar surface area (TPSA) is 109 Å². The molecule has 0 radical (unpaired) electrons. The summed E-state index contributed by atoms with van der Waals surface area (Å²) in [6, 6.07) is 11.2. The third-order valence-corrected chi connectivity index (χ3v) is 6.55. The Morgan fingerprint density at radius 1 is 1.18 bits per heavy atom. The smallest absolute Gasteiger partial charge is 0.240 e. The summed E-state index contributed by atoms with van der Waals surface area (Å²) in [6.07, 6.45) is -1.45. The molecular formula is C19H23ClN2O5S. The van der Waals surface area contributed by atoms with Crippen LogP contribution in [0.15, 0.2) is 47.4 Å². The van der Waals surface area contributed by atoms with Crippen molar-refractivity contribution < 1.29 is 23.4 Å². The Morgan fingerprint density at radius 3 is 2.43 bits per heavy atom. The predicted octanol–water partition coefficient (Wildman–Crippen LogP) is 1.90. The second-order valence-corrected chi connectivity index (χ2v) is 9.43. The summed E-state index contributed by atoms with van der Waals surface area (Å²) in [6.45, 7) is 1.96. The lowest BCUT2D eigenvalue weighted by atomic mass is 9.87. The van der Waals surface area contributed by atoms with E-state index in [1.807, 2.05) is 19.1 Å². The largest absolute Gasteiger partial charge is 0.477 e. The van der Waals surface area contributed by atoms with E-state index in [9.17, 15) is 18.6 Å². The molecule has 7 nitrogen and oxygen atoms in total. The highest BCUT2D eigenvalue weighted by molar-refractivity contribution is 7.89. The molecule has 2 aromatic rings. The molecule has 152 valence electrons. The fraction of sp³-hybridized carbons (Fsp3) is 0.421. The summed E-state index contributed by atoms with van der Waals surface area (Å²) in [7, 11) is -3.77. The first kappa shape index (κ1) is 21.0. The zero-order valence-corrected chi connectivity index (χ0v) is 16.9. The van der Waals surface area contributed by atoms with Gasteiger partial charge < -0.3 is 14.9 Å². The normalized spacial score (nSPS) is 25.0. The molecule has 0 aliphatic heterocycles. The molecule has 1 aliphatic carbocycles. The number of aliphatic hydroxyl groups excluding tert-OH is 2. The van der Waals surface area contributed by atoms with Crippen LogP contribution in [0, 0.1) is 12.3 Å². The summed E-state index contributed by atoms with van der Waals surface area (Å²) in [5.41, 5.74) is 0.0329. The van der Waals surface area contributed by atoms with Crippen LogP contribution < -0.4 is 9.46 Å². The number of rotatable bonds is 7. The van der Waals surface area contributed by atoms with Crippen molar-refractivity contribution in [3.05, 3.63) is 53.2 Å². The number of nitrogens with zero attached hydrogens (tertiary/aromatic N) is 1. The third kappa shape index (κ3) is 5.01. The van der Waals surface area contributed by atoms with Crippen LogP contribution in [-0.2, 0) is 10.0 Å². The maximum Gasteiger partial charge on any atom is 0.240 e. The molecule has 0 bridgehead atoms. The van der Waals surface area contributed by atoms with Crippen LogP contribution in [0.4, 0.5) is 0 Å². The average molecular weight is 427 g/mol. The average Bonchev–Trinajstić information content (AvgIpc) is 2.94. The number of sulfonamides is 1. The van der Waals surface area contributed by atoms with Crippen LogP contribution in [0.25, 0.3) is 0 Å². The maximum absolute atomic E-state index is 12.6. The molecule has 1 aromatic carbocycles. The molecule has 3 atom stereocenters. The first-order chi connectivity index (χ1) is 13.2. The summed E-state index contributed by atoms with van der Waals surface area (Å²) in [4.78, 5) is 4.36. The SMILES string of the molecule is Cc1cccc(OCC2(CNS(=O)(=O)c3ccc(Cl)cc3)C[C@@H](O)[C@@H](O)C2)n1. The van der Waals surface area contributed by atoms with E-state index >= 15 is 0 Å². The van der Waals surface area contributed by atoms with Crippen molar-refractivity contribution in [2.45, 2.75) is 36.9 Å². The lowest BCUT2D eigenvalue weighted by Gasteiger charge is -2.29. The van der Waals surface area contributed by atoms with Gasteiger partial charge in [0.2, 0.25) is 15.9 Å². The van der Waals surface area contributed by atoms with Gasteiger partial charge in [0, 0.05) is 28.7 Å². The van der Waals surface area contributed by atoms with Crippen LogP contribution in [-0.4, -0.2) is 49.0 Å². The molecule has 1 fully saturated rings. The Hall–Kier alpha value is -1.71. The maximum atomic E-state index is 12.6. The molecule has 1 aromatic heterocycles. The van der Waals surface area contributed by atoms with E-state index in [0.717, 1.165) is 5.69 Å². The van der Waals surface area contributed by atoms with E-state index < -0.39 is 27.6 Å². The number of aliphatic hydroxyl groups is 2. The van der Waals surface area contributed by atoms with E-state index in [1.54, 1.807) is 6.07 Å². The number of aromatic nitrogens is 1. The molecule has 3 rings (SSSR count). The number of aryl methyl sites for hydroxylation is 1. The monoisotopic (exact) mass is 426 g/mol. The van der Waals surface area contributed by atoms with Crippen LogP contribution in [0.2, 0.25) is 5.02 Å². The van der Waals surface area contributed by atoms with Gasteiger partial charge in [-0.05, 0) is 50.1 Å². The second-order valence-electron chi connectivity index (χ2n) is 7.23. The van der Waals surface area contributed by atoms with Crippen molar-refractivity contribution in [1.82, 2.24) is 9.71 Å². The summed E-state index contributed by atoms with van der Waals surface area (Å²) < 4.78 is 33.5. The fourth-order valence-electron chi connectivity index (χ4n) is 3.33. The van der Waals surface area contributed by atoms with Gasteiger partial charge in [-0.1, -0.05) is 17.7 Å². The first-order valence-electron chi connectivity index (χ1n) is 8.87. The van der Waals surface area contributed by atoms with Crippen molar-refractivity contribution in [1.29, 1.82) is 0 Å². The van der Waals surface area contributed by atoms with Gasteiger partial charge >= 0.3 is 0 Å². The van der Waals surface area contributed by atoms with E-state index in [4.69, 9.17) is 16.3 Å². The van der Waals surface area contributed by atoms with Gasteiger partial charge in [-0.25, -0.2) is 18.1 Å². The highest BCUT2D eigenvalue weighted by atomic mass is 35.5. The minimum absolute atomic E-state index is 0.0118. The zero-order chi connectivity index (χ0) is 20.4. The molecule has 9 heteroatoms. The molecule has 1 aliphatic rings. The van der Waals surface area contributed by atoms with Crippen molar-refractivity contribution >= 4 is 21.6 Å². The second kappa shape index (κ2) is 8.34. The van der Waals surface area contributed by atoms with Crippen molar-refractivity contribution in [3.63, 3.8) is 0 Å². The van der Waals surface area contributed by atoms with Crippen molar-refractivity contribution in [2.75, 3.05) is 13.2 Å². The molecule has 1 unspecified atom stereocenters. The van der Waals surface area contributed by atoms with E-state index in [0.29, 0.717) is 10.9 Å². The molecule has 0 amide bonds. The van der Waals surface area contributed by atoms with Gasteiger partial charge in [0.05, 0.1) is 23.7 Å². The summed E-state index contributed by atoms with van der Waals surface area (Å²) >= 11 is 5.81. The van der Waals surface area contributed by atoms with Gasteiger partial charge in [-0.15, -0.1) is 0 Å². The van der Waals surface area contributed by atoms with Gasteiger partial charge in [-0.3, -0.25) is 0 Å². The van der Waals surface area contributed by atoms with E-state index in [2.05, 4.69) is 9.71 Å². The minimum atomic E-state index is -3.77. The van der Waals surface area contributed by atoms with E-state index in [1.165, 1.54) is 24.3 Å². The molecule has 1 heterocycles. The van der Waals surface area contributed by atoms with Gasteiger partial charge in [-0.2, -0.15) is 0 Å². The Balaban J connectivity index is 1.74. The Morgan fingerprint density at radius 2 is 1.82 bits per heavy atom. The summed E-state index contributed by atoms with van der Waals surface area (Å²) in [5, 5.41) is 20.5. The van der Waals surface area contributed by atoms with Gasteiger partial charge in [0.1, 0.15) is 0 Å². The van der Waals surface area contributed by atoms with Gasteiger partial charge in [0.15, 0.2) is 0 Å². The van der Waals surface area contributed by atoms with Crippen LogP contribution in [0.5, 0.6) is 5.88 Å². The van der Waals surface area contributed by atoms with Crippen LogP contribution in [0.3, 0.4) is 0 Å². The number of benzene rings is 1. The third-order valence-electron chi connectivity index (χ3n) is 4.88. The first-order valence-corrected chi connectivity index (χ1v) is 10.7. The van der Waals surface area contributed by atoms with Crippen LogP contribution in [0.1, 0.15) is 18.5 Å². The number of halogens is 1. The number of hydrogen-bond acceptors (Lipinski definition) is 6. The Kier molecular flexibility index (Phi) is 6.26. The van der Waals surface area contributed by atoms with Crippen molar-refractivity contribution in [3.8, 4) is 5.88 Å². The minimum Gasteiger partial charge on any atom is -0.477 e. The highest BCUT2D eigenvalue weighted by Crippen LogP contribution is 2.39. The number of nitrogens with one attached hydrogen (secondary N) is 1. The highest BCUT2D eigenvalue weighted by Gasteiger charge is 2.45. The quantitative estimate of drug-likeness (QED) is 0.624. The molecule has 1 saturated carbocycles. The molecule has 3 N–H and O–H groups in total. The predicted molar refractivity (Wildman–Crippen MR) is 105 cm³/mol. The lowest BCUT2D eigenvalue weighted by molar-refractivity contribution is 0.0438. The number of pyridine rings is 1. The lowest BCUT2D eigenvalue weighted by Crippen LogP contribution is -2.40. The number of ether oxygens (including phenoxy) is 1. The molecule has 0 spiro atoms. The number of hydrogen-bond donors (Lipinski definition) is 3. The van der Waals surface area contributed by atoms with E-state index in [-0.39, 0.29) is 30.9 Å². The van der Waals surface area contributed by atoms with Gasteiger partial charge in [0.25, 0.3) is 0 Å². The molecule has 0 saturated heterocycles. The standard InChI is InChI=1S/C19H23ClN2O5S/c1-13-3-2-4-18(22-13)27-12-19(9-16(23)17(24)10-19)11-21-28(25,26)15-7-5-14(20)6-8-15/h2-8,16-17,21,23-24H,9-12H2,1H3/t16-,17+,19?.